The van der Waals surface area contributed by atoms with Gasteiger partial charge in [-0.1, -0.05) is 30.4 Å². The molecule has 0 spiro atoms. The summed E-state index contributed by atoms with van der Waals surface area (Å²) >= 11 is 0. The highest BCUT2D eigenvalue weighted by molar-refractivity contribution is 7.86. The number of carbonyl (C=O) groups excluding carboxylic acids is 3. The number of fused-ring (bicyclic) bond motifs is 3. The van der Waals surface area contributed by atoms with Gasteiger partial charge in [0.2, 0.25) is 0 Å². The van der Waals surface area contributed by atoms with E-state index >= 15 is 0 Å². The number of imide groups is 1. The summed E-state index contributed by atoms with van der Waals surface area (Å²) < 4.78 is 168. The minimum atomic E-state index is -4.36. The number of hydroxylamine groups is 2. The Morgan fingerprint density at radius 3 is 1.56 bits per heavy atom. The maximum atomic E-state index is 13.1. The van der Waals surface area contributed by atoms with Crippen molar-refractivity contribution in [1.82, 2.24) is 5.06 Å². The van der Waals surface area contributed by atoms with Crippen LogP contribution in [0.4, 0.5) is 11.4 Å². The third-order valence-electron chi connectivity index (χ3n) is 17.1. The number of benzene rings is 2. The summed E-state index contributed by atoms with van der Waals surface area (Å²) in [5.74, 6) is -2.41. The zero-order chi connectivity index (χ0) is 74.0. The van der Waals surface area contributed by atoms with Crippen molar-refractivity contribution < 1.29 is 115 Å². The molecule has 102 heavy (non-hydrogen) atoms. The van der Waals surface area contributed by atoms with Gasteiger partial charge in [0.25, 0.3) is 32.1 Å². The molecule has 1 unspecified atom stereocenters. The van der Waals surface area contributed by atoms with Gasteiger partial charge in [0.05, 0.1) is 177 Å². The predicted molar refractivity (Wildman–Crippen MR) is 383 cm³/mol. The number of rotatable bonds is 53. The maximum Gasteiger partial charge on any atom is 0.362 e. The number of thiol groups is 1. The number of ether oxygens (including phenoxy) is 12. The molecule has 1 saturated heterocycles. The second-order valence-electron chi connectivity index (χ2n) is 25.8. The number of anilines is 2. The first kappa shape index (κ1) is 85.2. The maximum absolute atomic E-state index is 13.1. The van der Waals surface area contributed by atoms with Crippen LogP contribution >= 0.6 is 0 Å². The van der Waals surface area contributed by atoms with Crippen LogP contribution in [-0.2, 0) is 118 Å². The van der Waals surface area contributed by atoms with Gasteiger partial charge in [0.1, 0.15) is 0 Å². The summed E-state index contributed by atoms with van der Waals surface area (Å²) in [7, 11) is -8.50. The molecule has 28 nitrogen and oxygen atoms in total. The van der Waals surface area contributed by atoms with Crippen molar-refractivity contribution in [2.75, 3.05) is 194 Å². The lowest BCUT2D eigenvalue weighted by atomic mass is 9.77. The van der Waals surface area contributed by atoms with Gasteiger partial charge in [-0.3, -0.25) is 18.7 Å². The summed E-state index contributed by atoms with van der Waals surface area (Å²) in [5, 5.41) is 1.25. The Kier molecular flexibility index (Phi) is 36.5. The number of carbonyl (C=O) groups is 3. The summed E-state index contributed by atoms with van der Waals surface area (Å²) in [4.78, 5) is 46.8. The van der Waals surface area contributed by atoms with E-state index in [-0.39, 0.29) is 89.4 Å². The molecule has 1 atom stereocenters. The standard InChI is InChI=1S/C71H105N3O25S3/c1-55-54-71(22-26-88-32-34-92-40-42-96-46-44-94-38-36-90-30-28-86-6,23-27-89-33-35-93-41-43-97-47-45-95-39-37-91-31-29-87-7)73(25-13-49-102(83,84)85)62-53-63-59(52-58(55)62)56(50-65(98-63)69(2,3)4)14-9-8-10-15-64-70(5,21-11-16-68(77)99-74-66(75)19-20-67(74)76)60-51-57(100(78)79)17-18-61(60)72(64)24-12-48-101(80,81)82/h8-10,14-15,17-18,50-54,100H,11-13,16,19-49H2,1-7H3,(H-,80,81,82,83,84,85)/p+1/b10-8+,14-9+,64-15-. The fraction of sp³-hybridized carbons (Fsp3) is 0.634. The number of nitrogens with zero attached hydrogens (tertiary/aromatic N) is 3. The molecule has 3 aliphatic rings. The molecule has 1 aromatic heterocycles. The molecule has 31 heteroatoms. The van der Waals surface area contributed by atoms with Crippen LogP contribution in [0.1, 0.15) is 115 Å². The number of allylic oxidation sites excluding steroid dienone is 6. The Morgan fingerprint density at radius 1 is 0.608 bits per heavy atom. The third kappa shape index (κ3) is 28.3. The molecule has 3 aromatic rings. The second kappa shape index (κ2) is 43.7. The molecule has 2 aromatic carbocycles. The molecular weight excluding hydrogens is 1390 g/mol. The average molecular weight is 1500 g/mol. The molecule has 0 aliphatic carbocycles. The number of hydrogen-bond donors (Lipinski definition) is 3. The van der Waals surface area contributed by atoms with Gasteiger partial charge in [-0.15, -0.1) is 5.06 Å². The zero-order valence-corrected chi connectivity index (χ0v) is 62.6. The molecule has 0 saturated carbocycles. The number of amides is 2. The van der Waals surface area contributed by atoms with E-state index in [9.17, 15) is 48.7 Å². The summed E-state index contributed by atoms with van der Waals surface area (Å²) in [6.45, 7) is 19.1. The van der Waals surface area contributed by atoms with E-state index in [1.807, 2.05) is 76.0 Å². The molecular formula is C71H106N3O25S3+. The fourth-order valence-electron chi connectivity index (χ4n) is 11.9. The lowest BCUT2D eigenvalue weighted by Gasteiger charge is -2.48. The quantitative estimate of drug-likeness (QED) is 0.0121. The van der Waals surface area contributed by atoms with Crippen molar-refractivity contribution in [2.24, 2.45) is 0 Å². The molecule has 0 bridgehead atoms. The van der Waals surface area contributed by atoms with Gasteiger partial charge in [-0.2, -0.15) is 16.8 Å². The van der Waals surface area contributed by atoms with E-state index in [2.05, 4.69) is 17.0 Å². The van der Waals surface area contributed by atoms with Crippen molar-refractivity contribution in [2.45, 2.75) is 114 Å². The van der Waals surface area contributed by atoms with Crippen molar-refractivity contribution in [3.63, 3.8) is 0 Å². The van der Waals surface area contributed by atoms with Crippen LogP contribution in [-0.4, -0.2) is 247 Å². The van der Waals surface area contributed by atoms with E-state index in [0.29, 0.717) is 165 Å². The Balaban J connectivity index is 1.26. The predicted octanol–water partition coefficient (Wildman–Crippen LogP) is 7.75. The van der Waals surface area contributed by atoms with Crippen LogP contribution < -0.4 is 9.80 Å². The Labute approximate surface area is 602 Å². The molecule has 3 aliphatic heterocycles. The molecule has 572 valence electrons. The number of methoxy groups -OCH3 is 2. The topological polar surface area (TPSA) is 335 Å². The molecule has 6 rings (SSSR count). The highest BCUT2D eigenvalue weighted by Crippen LogP contribution is 2.52. The molecule has 2 amide bonds. The summed E-state index contributed by atoms with van der Waals surface area (Å²) in [6, 6.07) is 10.7. The van der Waals surface area contributed by atoms with E-state index < -0.39 is 76.6 Å². The van der Waals surface area contributed by atoms with E-state index in [4.69, 9.17) is 66.1 Å². The number of hydrogen-bond acceptors (Lipinski definition) is 24. The lowest BCUT2D eigenvalue weighted by molar-refractivity contribution is -0.197. The molecule has 4 heterocycles. The van der Waals surface area contributed by atoms with Crippen LogP contribution in [0.25, 0.3) is 22.6 Å². The normalized spacial score (nSPS) is 16.9. The highest BCUT2D eigenvalue weighted by atomic mass is 32.2. The Hall–Kier alpha value is -5.69. The smallest absolute Gasteiger partial charge is 0.362 e. The molecule has 0 radical (unpaired) electrons. The van der Waals surface area contributed by atoms with Gasteiger partial charge in [0, 0.05) is 93.8 Å². The van der Waals surface area contributed by atoms with Crippen molar-refractivity contribution in [3.8, 4) is 0 Å². The van der Waals surface area contributed by atoms with Crippen LogP contribution in [0, 0.1) is 0 Å². The van der Waals surface area contributed by atoms with Crippen LogP contribution in [0.15, 0.2) is 81.8 Å². The lowest BCUT2D eigenvalue weighted by Crippen LogP contribution is -2.52. The van der Waals surface area contributed by atoms with Gasteiger partial charge in [-0.05, 0) is 115 Å². The SMILES string of the molecule is COCCOCCOCCOCCOCCOCCC1(CCOCCOCCOCCOCCOCCOC)C=C(C)c2cc3c(/C=C/C=C/C=C4\N(CCCS(=O)(=O)O)c5ccc([SH](=O)=O)cc5C4(C)CCCC(=O)ON4C(=O)CCC4=O)cc(C(C)(C)C)[o+]c3cc2N1CCCS(=O)(=O)O. The first-order valence-electron chi connectivity index (χ1n) is 34.6. The van der Waals surface area contributed by atoms with E-state index in [1.165, 1.54) is 6.07 Å². The van der Waals surface area contributed by atoms with Crippen molar-refractivity contribution in [1.29, 1.82) is 0 Å². The van der Waals surface area contributed by atoms with E-state index in [1.54, 1.807) is 32.4 Å². The zero-order valence-electron chi connectivity index (χ0n) is 60.1. The van der Waals surface area contributed by atoms with Gasteiger partial charge in [-0.25, -0.2) is 17.6 Å². The van der Waals surface area contributed by atoms with Crippen LogP contribution in [0.2, 0.25) is 0 Å². The molecule has 1 fully saturated rings. The average Bonchev–Trinajstić information content (AvgIpc) is 1.18. The summed E-state index contributed by atoms with van der Waals surface area (Å²) in [5.41, 5.74) is 3.44. The fourth-order valence-corrected chi connectivity index (χ4v) is 13.4. The van der Waals surface area contributed by atoms with Crippen molar-refractivity contribution in [3.05, 3.63) is 94.9 Å². The van der Waals surface area contributed by atoms with Crippen LogP contribution in [0.5, 0.6) is 0 Å². The van der Waals surface area contributed by atoms with Crippen molar-refractivity contribution >= 4 is 82.7 Å². The van der Waals surface area contributed by atoms with Gasteiger partial charge < -0.3 is 71.5 Å². The van der Waals surface area contributed by atoms with Gasteiger partial charge in [0.15, 0.2) is 10.7 Å². The first-order valence-corrected chi connectivity index (χ1v) is 39.0. The Bertz CT molecular complexity index is 3530. The first-order chi connectivity index (χ1) is 48.8. The van der Waals surface area contributed by atoms with E-state index in [0.717, 1.165) is 27.8 Å². The monoisotopic (exact) mass is 1500 g/mol. The minimum Gasteiger partial charge on any atom is -0.382 e. The Morgan fingerprint density at radius 2 is 1.09 bits per heavy atom. The highest BCUT2D eigenvalue weighted by Gasteiger charge is 2.45. The van der Waals surface area contributed by atoms with Gasteiger partial charge >= 0.3 is 17.3 Å². The third-order valence-corrected chi connectivity index (χ3v) is 19.4. The second-order valence-corrected chi connectivity index (χ2v) is 30.0. The minimum absolute atomic E-state index is 0.00340. The summed E-state index contributed by atoms with van der Waals surface area (Å²) in [6.07, 6.45) is 12.5. The van der Waals surface area contributed by atoms with Crippen LogP contribution in [0.3, 0.4) is 0 Å². The largest absolute Gasteiger partial charge is 0.382 e. The molecule has 2 N–H and O–H groups in total.